The van der Waals surface area contributed by atoms with E-state index in [1.807, 2.05) is 24.3 Å². The van der Waals surface area contributed by atoms with Gasteiger partial charge in [0.05, 0.1) is 7.11 Å². The maximum absolute atomic E-state index is 10.9. The number of ether oxygens (including phenoxy) is 1. The Morgan fingerprint density at radius 2 is 2.00 bits per heavy atom. The molecule has 6 heteroatoms. The highest BCUT2D eigenvalue weighted by Crippen LogP contribution is 2.18. The average Bonchev–Trinajstić information content (AvgIpc) is 2.84. The van der Waals surface area contributed by atoms with Crippen molar-refractivity contribution in [3.63, 3.8) is 0 Å². The summed E-state index contributed by atoms with van der Waals surface area (Å²) >= 11 is 1.41. The van der Waals surface area contributed by atoms with Gasteiger partial charge in [-0.25, -0.2) is 0 Å². The molecule has 2 aromatic rings. The van der Waals surface area contributed by atoms with Crippen LogP contribution in [0.25, 0.3) is 0 Å². The summed E-state index contributed by atoms with van der Waals surface area (Å²) in [5.74, 6) is 0.727. The Labute approximate surface area is 115 Å². The van der Waals surface area contributed by atoms with Crippen molar-refractivity contribution in [1.29, 1.82) is 0 Å². The molecule has 0 saturated carbocycles. The largest absolute Gasteiger partial charge is 0.497 e. The number of carbonyl (C=O) groups is 1. The second-order valence-electron chi connectivity index (χ2n) is 4.03. The molecule has 19 heavy (non-hydrogen) atoms. The first-order chi connectivity index (χ1) is 9.17. The van der Waals surface area contributed by atoms with Crippen molar-refractivity contribution in [2.45, 2.75) is 19.8 Å². The Morgan fingerprint density at radius 1 is 1.26 bits per heavy atom. The number of rotatable bonds is 5. The quantitative estimate of drug-likeness (QED) is 0.910. The molecule has 0 saturated heterocycles. The van der Waals surface area contributed by atoms with E-state index in [-0.39, 0.29) is 5.91 Å². The lowest BCUT2D eigenvalue weighted by Gasteiger charge is -2.01. The van der Waals surface area contributed by atoms with Crippen LogP contribution in [0.4, 0.5) is 5.13 Å². The van der Waals surface area contributed by atoms with Crippen molar-refractivity contribution in [3.8, 4) is 5.75 Å². The van der Waals surface area contributed by atoms with Crippen LogP contribution in [0.3, 0.4) is 0 Å². The van der Waals surface area contributed by atoms with Gasteiger partial charge in [0.25, 0.3) is 0 Å². The Bertz CT molecular complexity index is 551. The number of aryl methyl sites for hydroxylation is 2. The molecule has 0 fully saturated rings. The molecule has 100 valence electrons. The first-order valence-electron chi connectivity index (χ1n) is 5.90. The first-order valence-corrected chi connectivity index (χ1v) is 6.72. The van der Waals surface area contributed by atoms with Crippen LogP contribution < -0.4 is 10.1 Å². The normalized spacial score (nSPS) is 10.2. The summed E-state index contributed by atoms with van der Waals surface area (Å²) in [7, 11) is 1.65. The van der Waals surface area contributed by atoms with Gasteiger partial charge in [0.2, 0.25) is 11.0 Å². The summed E-state index contributed by atoms with van der Waals surface area (Å²) in [5, 5.41) is 12.1. The number of aromatic nitrogens is 2. The number of carbonyl (C=O) groups excluding carboxylic acids is 1. The van der Waals surface area contributed by atoms with Crippen LogP contribution >= 0.6 is 11.3 Å². The van der Waals surface area contributed by atoms with Crippen molar-refractivity contribution in [3.05, 3.63) is 34.8 Å². The molecule has 2 rings (SSSR count). The zero-order chi connectivity index (χ0) is 13.7. The molecule has 0 aliphatic rings. The highest BCUT2D eigenvalue weighted by atomic mass is 32.1. The Hall–Kier alpha value is -1.95. The van der Waals surface area contributed by atoms with Crippen LogP contribution in [0.2, 0.25) is 0 Å². The van der Waals surface area contributed by atoms with Gasteiger partial charge in [-0.15, -0.1) is 10.2 Å². The van der Waals surface area contributed by atoms with Crippen LogP contribution in [0, 0.1) is 0 Å². The molecule has 0 atom stereocenters. The predicted molar refractivity (Wildman–Crippen MR) is 74.6 cm³/mol. The molecule has 0 aliphatic heterocycles. The third-order valence-corrected chi connectivity index (χ3v) is 3.43. The van der Waals surface area contributed by atoms with Crippen molar-refractivity contribution < 1.29 is 9.53 Å². The summed E-state index contributed by atoms with van der Waals surface area (Å²) in [4.78, 5) is 10.9. The molecule has 0 radical (unpaired) electrons. The maximum atomic E-state index is 10.9. The van der Waals surface area contributed by atoms with Gasteiger partial charge in [-0.2, -0.15) is 0 Å². The monoisotopic (exact) mass is 277 g/mol. The second kappa shape index (κ2) is 6.29. The van der Waals surface area contributed by atoms with Gasteiger partial charge >= 0.3 is 0 Å². The molecule has 0 aliphatic carbocycles. The van der Waals surface area contributed by atoms with E-state index in [0.717, 1.165) is 23.6 Å². The number of nitrogens with one attached hydrogen (secondary N) is 1. The lowest BCUT2D eigenvalue weighted by Crippen LogP contribution is -2.04. The van der Waals surface area contributed by atoms with Gasteiger partial charge in [-0.3, -0.25) is 4.79 Å². The number of nitrogens with zero attached hydrogens (tertiary/aromatic N) is 2. The summed E-state index contributed by atoms with van der Waals surface area (Å²) in [5.41, 5.74) is 1.22. The highest BCUT2D eigenvalue weighted by molar-refractivity contribution is 7.15. The van der Waals surface area contributed by atoms with Gasteiger partial charge in [-0.05, 0) is 24.1 Å². The van der Waals surface area contributed by atoms with Crippen LogP contribution in [-0.4, -0.2) is 23.2 Å². The van der Waals surface area contributed by atoms with Crippen molar-refractivity contribution in [2.24, 2.45) is 0 Å². The first kappa shape index (κ1) is 13.5. The van der Waals surface area contributed by atoms with E-state index in [0.29, 0.717) is 5.13 Å². The molecular formula is C13H15N3O2S. The molecule has 1 N–H and O–H groups in total. The zero-order valence-electron chi connectivity index (χ0n) is 10.8. The SMILES string of the molecule is COc1ccc(CCc2nnc(NC(C)=O)s2)cc1. The molecule has 1 aromatic heterocycles. The van der Waals surface area contributed by atoms with Crippen LogP contribution in [0.1, 0.15) is 17.5 Å². The molecule has 1 amide bonds. The minimum atomic E-state index is -0.127. The van der Waals surface area contributed by atoms with Crippen molar-refractivity contribution in [1.82, 2.24) is 10.2 Å². The molecule has 0 bridgehead atoms. The highest BCUT2D eigenvalue weighted by Gasteiger charge is 2.05. The molecule has 5 nitrogen and oxygen atoms in total. The Morgan fingerprint density at radius 3 is 2.63 bits per heavy atom. The third kappa shape index (κ3) is 4.03. The van der Waals surface area contributed by atoms with Crippen molar-refractivity contribution >= 4 is 22.4 Å². The van der Waals surface area contributed by atoms with Crippen LogP contribution in [-0.2, 0) is 17.6 Å². The van der Waals surface area contributed by atoms with Gasteiger partial charge in [0.1, 0.15) is 10.8 Å². The summed E-state index contributed by atoms with van der Waals surface area (Å²) in [6.45, 7) is 1.46. The number of benzene rings is 1. The van der Waals surface area contributed by atoms with Gasteiger partial charge in [-0.1, -0.05) is 23.5 Å². The number of amides is 1. The number of methoxy groups -OCH3 is 1. The van der Waals surface area contributed by atoms with Crippen LogP contribution in [0.5, 0.6) is 5.75 Å². The van der Waals surface area contributed by atoms with Gasteiger partial charge in [0, 0.05) is 13.3 Å². The number of hydrogen-bond acceptors (Lipinski definition) is 5. The average molecular weight is 277 g/mol. The van der Waals surface area contributed by atoms with Gasteiger partial charge in [0.15, 0.2) is 0 Å². The zero-order valence-corrected chi connectivity index (χ0v) is 11.7. The minimum Gasteiger partial charge on any atom is -0.497 e. The van der Waals surface area contributed by atoms with E-state index < -0.39 is 0 Å². The van der Waals surface area contributed by atoms with Crippen LogP contribution in [0.15, 0.2) is 24.3 Å². The molecule has 1 aromatic carbocycles. The lowest BCUT2D eigenvalue weighted by molar-refractivity contribution is -0.114. The van der Waals surface area contributed by atoms with E-state index in [2.05, 4.69) is 15.5 Å². The fraction of sp³-hybridized carbons (Fsp3) is 0.308. The van der Waals surface area contributed by atoms with E-state index >= 15 is 0 Å². The third-order valence-electron chi connectivity index (χ3n) is 2.54. The number of hydrogen-bond donors (Lipinski definition) is 1. The van der Waals surface area contributed by atoms with E-state index in [1.165, 1.54) is 23.8 Å². The van der Waals surface area contributed by atoms with E-state index in [9.17, 15) is 4.79 Å². The van der Waals surface area contributed by atoms with E-state index in [1.54, 1.807) is 7.11 Å². The Kier molecular flexibility index (Phi) is 4.46. The van der Waals surface area contributed by atoms with E-state index in [4.69, 9.17) is 4.74 Å². The standard InChI is InChI=1S/C13H15N3O2S/c1-9(17)14-13-16-15-12(19-13)8-5-10-3-6-11(18-2)7-4-10/h3-4,6-7H,5,8H2,1-2H3,(H,14,16,17). The summed E-state index contributed by atoms with van der Waals surface area (Å²) in [6.07, 6.45) is 1.70. The van der Waals surface area contributed by atoms with Gasteiger partial charge < -0.3 is 10.1 Å². The topological polar surface area (TPSA) is 64.1 Å². The molecular weight excluding hydrogens is 262 g/mol. The summed E-state index contributed by atoms with van der Waals surface area (Å²) in [6, 6.07) is 7.96. The molecule has 0 unspecified atom stereocenters. The predicted octanol–water partition coefficient (Wildman–Crippen LogP) is 2.29. The summed E-state index contributed by atoms with van der Waals surface area (Å²) < 4.78 is 5.11. The molecule has 0 spiro atoms. The Balaban J connectivity index is 1.90. The second-order valence-corrected chi connectivity index (χ2v) is 5.09. The molecule has 1 heterocycles. The minimum absolute atomic E-state index is 0.127. The number of anilines is 1. The maximum Gasteiger partial charge on any atom is 0.223 e. The fourth-order valence-electron chi connectivity index (χ4n) is 1.60. The lowest BCUT2D eigenvalue weighted by atomic mass is 10.1. The smallest absolute Gasteiger partial charge is 0.223 e. The fourth-order valence-corrected chi connectivity index (χ4v) is 2.38. The van der Waals surface area contributed by atoms with Crippen molar-refractivity contribution in [2.75, 3.05) is 12.4 Å².